The highest BCUT2D eigenvalue weighted by Gasteiger charge is 2.55. The summed E-state index contributed by atoms with van der Waals surface area (Å²) in [6.45, 7) is 4.23. The SMILES string of the molecule is CCCCCN1C(=O)[C@@H]([C@H](O)C2CCCCC2)NC(=O)C12CCN(C[C@@H]1CC(=O)ONC(=O)c3ccc(cc3)Oc3ccc1cc3)CC2. The fourth-order valence-electron chi connectivity index (χ4n) is 7.89. The molecule has 4 bridgehead atoms. The molecule has 0 aromatic heterocycles. The molecule has 2 saturated heterocycles. The molecule has 6 aliphatic rings. The van der Waals surface area contributed by atoms with Crippen molar-refractivity contribution in [1.82, 2.24) is 20.6 Å². The maximum Gasteiger partial charge on any atom is 0.332 e. The minimum Gasteiger partial charge on any atom is -0.457 e. The largest absolute Gasteiger partial charge is 0.457 e. The predicted octanol–water partition coefficient (Wildman–Crippen LogP) is 4.45. The Hall–Kier alpha value is -3.96. The van der Waals surface area contributed by atoms with Crippen LogP contribution in [0.2, 0.25) is 0 Å². The maximum absolute atomic E-state index is 14.1. The van der Waals surface area contributed by atoms with Crippen LogP contribution in [-0.2, 0) is 19.2 Å². The van der Waals surface area contributed by atoms with Crippen LogP contribution in [0.5, 0.6) is 11.5 Å². The number of ether oxygens (including phenoxy) is 1. The summed E-state index contributed by atoms with van der Waals surface area (Å²) in [5, 5.41) is 14.3. The van der Waals surface area contributed by atoms with Gasteiger partial charge in [0.25, 0.3) is 5.91 Å². The molecular formula is C37H48N4O7. The van der Waals surface area contributed by atoms with E-state index in [9.17, 15) is 24.3 Å². The molecule has 3 amide bonds. The molecule has 2 aromatic rings. The number of aliphatic hydroxyl groups is 1. The van der Waals surface area contributed by atoms with E-state index >= 15 is 0 Å². The van der Waals surface area contributed by atoms with Gasteiger partial charge in [0.15, 0.2) is 0 Å². The molecule has 1 aliphatic carbocycles. The monoisotopic (exact) mass is 660 g/mol. The van der Waals surface area contributed by atoms with E-state index in [0.29, 0.717) is 56.1 Å². The second-order valence-corrected chi connectivity index (χ2v) is 13.9. The van der Waals surface area contributed by atoms with Gasteiger partial charge in [0, 0.05) is 37.7 Å². The number of unbranched alkanes of at least 4 members (excludes halogenated alkanes) is 2. The van der Waals surface area contributed by atoms with Crippen LogP contribution in [-0.4, -0.2) is 82.5 Å². The van der Waals surface area contributed by atoms with Gasteiger partial charge in [0.05, 0.1) is 12.5 Å². The number of fused-ring (bicyclic) bond motifs is 2. The summed E-state index contributed by atoms with van der Waals surface area (Å²) in [5.41, 5.74) is 2.55. The smallest absolute Gasteiger partial charge is 0.332 e. The molecule has 258 valence electrons. The molecule has 1 spiro atoms. The topological polar surface area (TPSA) is 138 Å². The first kappa shape index (κ1) is 33.9. The third-order valence-electron chi connectivity index (χ3n) is 10.8. The van der Waals surface area contributed by atoms with Gasteiger partial charge < -0.3 is 29.8 Å². The summed E-state index contributed by atoms with van der Waals surface area (Å²) in [5.74, 6) is -0.448. The van der Waals surface area contributed by atoms with Gasteiger partial charge in [-0.15, -0.1) is 0 Å². The zero-order valence-electron chi connectivity index (χ0n) is 27.8. The van der Waals surface area contributed by atoms with Crippen molar-refractivity contribution in [3.63, 3.8) is 0 Å². The molecule has 0 radical (unpaired) electrons. The van der Waals surface area contributed by atoms with Crippen LogP contribution >= 0.6 is 0 Å². The van der Waals surface area contributed by atoms with Crippen LogP contribution < -0.4 is 15.5 Å². The summed E-state index contributed by atoms with van der Waals surface area (Å²) in [6, 6.07) is 13.3. The van der Waals surface area contributed by atoms with E-state index in [0.717, 1.165) is 56.9 Å². The third-order valence-corrected chi connectivity index (χ3v) is 10.8. The summed E-state index contributed by atoms with van der Waals surface area (Å²) < 4.78 is 5.96. The molecule has 3 fully saturated rings. The van der Waals surface area contributed by atoms with E-state index in [2.05, 4.69) is 22.6 Å². The van der Waals surface area contributed by atoms with Crippen LogP contribution in [0.15, 0.2) is 48.5 Å². The standard InChI is InChI=1S/C37H48N4O7/c1-2-3-7-20-41-35(45)32(33(43)26-8-5-4-6-9-26)38-36(46)37(41)18-21-40(22-19-37)24-28-23-31(42)48-39-34(44)27-12-16-30(17-13-27)47-29-14-10-25(28)11-15-29/h10-17,26,28,32-33,43H,2-9,18-24H2,1H3,(H,38,46)(H,39,44)/t28-,32+,33+/m0/s1. The van der Waals surface area contributed by atoms with Crippen molar-refractivity contribution < 1.29 is 33.9 Å². The fourth-order valence-corrected chi connectivity index (χ4v) is 7.89. The number of hydroxylamine groups is 1. The summed E-state index contributed by atoms with van der Waals surface area (Å²) in [6.07, 6.45) is 7.79. The Balaban J connectivity index is 1.16. The molecule has 8 rings (SSSR count). The van der Waals surface area contributed by atoms with Crippen molar-refractivity contribution in [2.24, 2.45) is 5.92 Å². The van der Waals surface area contributed by atoms with Gasteiger partial charge in [-0.25, -0.2) is 4.79 Å². The number of nitrogens with one attached hydrogen (secondary N) is 2. The number of piperidine rings is 1. The van der Waals surface area contributed by atoms with E-state index in [4.69, 9.17) is 9.57 Å². The number of aliphatic hydroxyl groups excluding tert-OH is 1. The minimum absolute atomic E-state index is 0.0206. The highest BCUT2D eigenvalue weighted by molar-refractivity contribution is 6.00. The van der Waals surface area contributed by atoms with Crippen LogP contribution in [0, 0.1) is 5.92 Å². The summed E-state index contributed by atoms with van der Waals surface area (Å²) in [7, 11) is 0. The predicted molar refractivity (Wildman–Crippen MR) is 178 cm³/mol. The van der Waals surface area contributed by atoms with Crippen molar-refractivity contribution in [2.45, 2.75) is 101 Å². The lowest BCUT2D eigenvalue weighted by atomic mass is 9.77. The highest BCUT2D eigenvalue weighted by atomic mass is 16.7. The Labute approximate surface area is 282 Å². The van der Waals surface area contributed by atoms with Crippen LogP contribution in [0.3, 0.4) is 0 Å². The highest BCUT2D eigenvalue weighted by Crippen LogP contribution is 2.37. The number of benzene rings is 2. The van der Waals surface area contributed by atoms with E-state index in [1.165, 1.54) is 0 Å². The quantitative estimate of drug-likeness (QED) is 0.354. The fraction of sp³-hybridized carbons (Fsp3) is 0.568. The van der Waals surface area contributed by atoms with Crippen LogP contribution in [0.25, 0.3) is 0 Å². The molecule has 11 heteroatoms. The molecule has 5 aliphatic heterocycles. The lowest BCUT2D eigenvalue weighted by molar-refractivity contribution is -0.166. The summed E-state index contributed by atoms with van der Waals surface area (Å²) in [4.78, 5) is 62.8. The number of amides is 3. The first-order chi connectivity index (χ1) is 23.3. The Kier molecular flexibility index (Phi) is 10.7. The molecule has 11 nitrogen and oxygen atoms in total. The minimum atomic E-state index is -0.967. The van der Waals surface area contributed by atoms with Gasteiger partial charge in [-0.3, -0.25) is 14.4 Å². The van der Waals surface area contributed by atoms with Gasteiger partial charge in [-0.05, 0) is 80.0 Å². The first-order valence-electron chi connectivity index (χ1n) is 17.7. The molecule has 2 aromatic carbocycles. The number of hydrogen-bond acceptors (Lipinski definition) is 8. The number of carbonyl (C=O) groups is 4. The number of hydrogen-bond donors (Lipinski definition) is 3. The molecular weight excluding hydrogens is 612 g/mol. The Morgan fingerprint density at radius 2 is 1.58 bits per heavy atom. The zero-order chi connectivity index (χ0) is 33.7. The second kappa shape index (κ2) is 15.1. The van der Waals surface area contributed by atoms with Gasteiger partial charge in [-0.1, -0.05) is 51.2 Å². The van der Waals surface area contributed by atoms with E-state index in [1.54, 1.807) is 29.2 Å². The van der Waals surface area contributed by atoms with E-state index in [1.807, 2.05) is 24.3 Å². The van der Waals surface area contributed by atoms with Gasteiger partial charge in [-0.2, -0.15) is 5.48 Å². The van der Waals surface area contributed by atoms with Crippen molar-refractivity contribution in [3.05, 3.63) is 59.7 Å². The van der Waals surface area contributed by atoms with E-state index < -0.39 is 29.6 Å². The second-order valence-electron chi connectivity index (χ2n) is 13.9. The van der Waals surface area contributed by atoms with Gasteiger partial charge in [0.2, 0.25) is 11.8 Å². The maximum atomic E-state index is 14.1. The molecule has 3 atom stereocenters. The molecule has 0 unspecified atom stereocenters. The number of carbonyl (C=O) groups excluding carboxylic acids is 4. The molecule has 5 heterocycles. The molecule has 1 saturated carbocycles. The van der Waals surface area contributed by atoms with Crippen molar-refractivity contribution >= 4 is 23.7 Å². The normalized spacial score (nSPS) is 24.3. The average Bonchev–Trinajstić information content (AvgIpc) is 3.12. The van der Waals surface area contributed by atoms with E-state index in [-0.39, 0.29) is 30.1 Å². The van der Waals surface area contributed by atoms with Crippen molar-refractivity contribution in [1.29, 1.82) is 0 Å². The number of nitrogens with zero attached hydrogens (tertiary/aromatic N) is 2. The lowest BCUT2D eigenvalue weighted by Gasteiger charge is -2.53. The van der Waals surface area contributed by atoms with Crippen molar-refractivity contribution in [3.8, 4) is 11.5 Å². The number of rotatable bonds is 8. The molecule has 48 heavy (non-hydrogen) atoms. The van der Waals surface area contributed by atoms with Crippen molar-refractivity contribution in [2.75, 3.05) is 26.2 Å². The number of likely N-dealkylation sites (tertiary alicyclic amines) is 1. The Morgan fingerprint density at radius 1 is 0.917 bits per heavy atom. The van der Waals surface area contributed by atoms with Crippen LogP contribution in [0.4, 0.5) is 0 Å². The Morgan fingerprint density at radius 3 is 2.25 bits per heavy atom. The number of piperazine rings is 1. The van der Waals surface area contributed by atoms with Crippen LogP contribution in [0.1, 0.15) is 99.4 Å². The van der Waals surface area contributed by atoms with Gasteiger partial charge >= 0.3 is 5.97 Å². The first-order valence-corrected chi connectivity index (χ1v) is 17.7. The summed E-state index contributed by atoms with van der Waals surface area (Å²) >= 11 is 0. The zero-order valence-corrected chi connectivity index (χ0v) is 27.8. The lowest BCUT2D eigenvalue weighted by Crippen LogP contribution is -2.75. The Bertz CT molecular complexity index is 1450. The molecule has 3 N–H and O–H groups in total. The average molecular weight is 661 g/mol. The third kappa shape index (κ3) is 7.37. The van der Waals surface area contributed by atoms with Gasteiger partial charge in [0.1, 0.15) is 23.1 Å².